The van der Waals surface area contributed by atoms with E-state index in [1.165, 1.54) is 11.3 Å². The molecule has 1 aliphatic carbocycles. The highest BCUT2D eigenvalue weighted by molar-refractivity contribution is 5.68. The fourth-order valence-corrected chi connectivity index (χ4v) is 4.30. The molecule has 2 aromatic carbocycles. The lowest BCUT2D eigenvalue weighted by molar-refractivity contribution is -0.137. The van der Waals surface area contributed by atoms with Gasteiger partial charge in [0.25, 0.3) is 0 Å². The predicted octanol–water partition coefficient (Wildman–Crippen LogP) is 4.97. The van der Waals surface area contributed by atoms with Crippen molar-refractivity contribution >= 4 is 11.7 Å². The van der Waals surface area contributed by atoms with Crippen molar-refractivity contribution in [3.05, 3.63) is 65.0 Å². The van der Waals surface area contributed by atoms with Crippen molar-refractivity contribution in [2.45, 2.75) is 38.5 Å². The number of carbonyl (C=O) groups is 1. The summed E-state index contributed by atoms with van der Waals surface area (Å²) in [4.78, 5) is 15.8. The van der Waals surface area contributed by atoms with E-state index < -0.39 is 5.97 Å². The lowest BCUT2D eigenvalue weighted by Gasteiger charge is -2.23. The Kier molecular flexibility index (Phi) is 6.07. The van der Waals surface area contributed by atoms with Gasteiger partial charge in [0.2, 0.25) is 5.89 Å². The number of fused-ring (bicyclic) bond motifs is 1. The van der Waals surface area contributed by atoms with Crippen LogP contribution in [0.15, 0.2) is 46.9 Å². The lowest BCUT2D eigenvalue weighted by atomic mass is 9.98. The second kappa shape index (κ2) is 8.79. The molecule has 0 bridgehead atoms. The van der Waals surface area contributed by atoms with Crippen molar-refractivity contribution in [3.63, 3.8) is 0 Å². The number of hydrogen-bond donors (Lipinski definition) is 1. The van der Waals surface area contributed by atoms with E-state index >= 15 is 0 Å². The molecular weight excluding hydrogens is 404 g/mol. The van der Waals surface area contributed by atoms with Crippen LogP contribution in [0.3, 0.4) is 0 Å². The molecule has 6 heteroatoms. The Balaban J connectivity index is 1.40. The smallest absolute Gasteiger partial charge is 0.303 e. The Bertz CT molecular complexity index is 1130. The number of aliphatic carboxylic acids is 1. The van der Waals surface area contributed by atoms with Gasteiger partial charge in [-0.2, -0.15) is 0 Å². The molecule has 0 unspecified atom stereocenters. The molecule has 0 spiro atoms. The highest BCUT2D eigenvalue weighted by atomic mass is 16.5. The van der Waals surface area contributed by atoms with E-state index in [1.807, 2.05) is 31.2 Å². The van der Waals surface area contributed by atoms with Crippen LogP contribution in [-0.2, 0) is 17.6 Å². The molecule has 1 aliphatic rings. The molecule has 3 aromatic rings. The zero-order valence-corrected chi connectivity index (χ0v) is 19.2. The molecular formula is C26H31N2O4+. The summed E-state index contributed by atoms with van der Waals surface area (Å²) in [5.74, 6) is 1.63. The number of oxazole rings is 1. The van der Waals surface area contributed by atoms with Crippen LogP contribution in [0.25, 0.3) is 11.5 Å². The van der Waals surface area contributed by atoms with Crippen LogP contribution in [0.5, 0.6) is 5.75 Å². The molecule has 1 N–H and O–H groups in total. The zero-order valence-electron chi connectivity index (χ0n) is 19.2. The van der Waals surface area contributed by atoms with Crippen molar-refractivity contribution in [2.75, 3.05) is 27.7 Å². The van der Waals surface area contributed by atoms with Crippen LogP contribution in [0.1, 0.15) is 41.3 Å². The summed E-state index contributed by atoms with van der Waals surface area (Å²) in [6.45, 7) is 2.44. The number of aryl methyl sites for hydroxylation is 2. The molecule has 1 aromatic heterocycles. The molecule has 4 rings (SSSR count). The summed E-state index contributed by atoms with van der Waals surface area (Å²) in [7, 11) is 6.40. The van der Waals surface area contributed by atoms with Crippen LogP contribution >= 0.6 is 0 Å². The predicted molar refractivity (Wildman–Crippen MR) is 125 cm³/mol. The zero-order chi connectivity index (χ0) is 22.9. The van der Waals surface area contributed by atoms with E-state index in [0.717, 1.165) is 45.7 Å². The molecule has 1 atom stereocenters. The number of quaternary nitrogens is 1. The molecule has 0 fully saturated rings. The normalized spacial score (nSPS) is 15.6. The van der Waals surface area contributed by atoms with Gasteiger partial charge in [-0.3, -0.25) is 9.28 Å². The molecule has 32 heavy (non-hydrogen) atoms. The van der Waals surface area contributed by atoms with Crippen molar-refractivity contribution in [1.29, 1.82) is 0 Å². The van der Waals surface area contributed by atoms with E-state index in [1.54, 1.807) is 0 Å². The van der Waals surface area contributed by atoms with E-state index in [9.17, 15) is 4.79 Å². The molecule has 0 saturated carbocycles. The maximum Gasteiger partial charge on any atom is 0.303 e. The molecule has 0 aliphatic heterocycles. The first kappa shape index (κ1) is 22.1. The summed E-state index contributed by atoms with van der Waals surface area (Å²) in [5, 5.41) is 9.09. The van der Waals surface area contributed by atoms with Crippen LogP contribution in [-0.4, -0.2) is 43.8 Å². The average Bonchev–Trinajstić information content (AvgIpc) is 3.30. The van der Waals surface area contributed by atoms with Crippen LogP contribution in [0, 0.1) is 6.92 Å². The first-order valence-corrected chi connectivity index (χ1v) is 11.1. The number of rotatable bonds is 8. The van der Waals surface area contributed by atoms with Gasteiger partial charge in [0.05, 0.1) is 39.9 Å². The molecule has 0 amide bonds. The number of ether oxygens (including phenoxy) is 1. The SMILES string of the molecule is Cc1oc(-c2cccc([N+](C)(C)C)c2)nc1CCOc1ccc2c(c1)CC[C@@H]2CC(=O)O. The summed E-state index contributed by atoms with van der Waals surface area (Å²) in [5.41, 5.74) is 5.41. The van der Waals surface area contributed by atoms with E-state index in [4.69, 9.17) is 19.2 Å². The van der Waals surface area contributed by atoms with Crippen molar-refractivity contribution < 1.29 is 19.1 Å². The van der Waals surface area contributed by atoms with E-state index in [0.29, 0.717) is 18.9 Å². The van der Waals surface area contributed by atoms with Crippen molar-refractivity contribution in [2.24, 2.45) is 0 Å². The minimum absolute atomic E-state index is 0.114. The maximum absolute atomic E-state index is 11.0. The summed E-state index contributed by atoms with van der Waals surface area (Å²) >= 11 is 0. The Morgan fingerprint density at radius 3 is 2.78 bits per heavy atom. The Labute approximate surface area is 189 Å². The third-order valence-corrected chi connectivity index (χ3v) is 6.11. The summed E-state index contributed by atoms with van der Waals surface area (Å²) in [6.07, 6.45) is 2.64. The van der Waals surface area contributed by atoms with Crippen molar-refractivity contribution in [1.82, 2.24) is 9.47 Å². The number of hydrogen-bond acceptors (Lipinski definition) is 4. The number of nitrogens with zero attached hydrogens (tertiary/aromatic N) is 2. The second-order valence-electron chi connectivity index (χ2n) is 9.38. The second-order valence-corrected chi connectivity index (χ2v) is 9.38. The number of aromatic nitrogens is 1. The Hall–Kier alpha value is -3.12. The Morgan fingerprint density at radius 1 is 1.22 bits per heavy atom. The number of carboxylic acids is 1. The third kappa shape index (κ3) is 4.86. The first-order chi connectivity index (χ1) is 15.2. The van der Waals surface area contributed by atoms with Gasteiger partial charge in [-0.05, 0) is 61.1 Å². The van der Waals surface area contributed by atoms with Gasteiger partial charge in [0.1, 0.15) is 17.2 Å². The summed E-state index contributed by atoms with van der Waals surface area (Å²) < 4.78 is 12.7. The first-order valence-electron chi connectivity index (χ1n) is 11.1. The van der Waals surface area contributed by atoms with Gasteiger partial charge < -0.3 is 14.3 Å². The van der Waals surface area contributed by atoms with Crippen molar-refractivity contribution in [3.8, 4) is 17.2 Å². The largest absolute Gasteiger partial charge is 0.493 e. The number of carboxylic acid groups (broad SMARTS) is 1. The monoisotopic (exact) mass is 435 g/mol. The lowest BCUT2D eigenvalue weighted by Crippen LogP contribution is -2.34. The highest BCUT2D eigenvalue weighted by Crippen LogP contribution is 2.37. The molecule has 1 heterocycles. The quantitative estimate of drug-likeness (QED) is 0.506. The van der Waals surface area contributed by atoms with Crippen LogP contribution < -0.4 is 9.22 Å². The standard InChI is InChI=1S/C26H30N2O4/c1-17-24(27-26(32-17)20-6-5-7-21(14-20)28(2,3)4)12-13-31-22-10-11-23-18(15-22)8-9-19(23)16-25(29)30/h5-7,10-11,14-15,19H,8-9,12-13,16H2,1-4H3/p+1/t19-/m1/s1. The average molecular weight is 436 g/mol. The van der Waals surface area contributed by atoms with E-state index in [-0.39, 0.29) is 12.3 Å². The maximum atomic E-state index is 11.0. The van der Waals surface area contributed by atoms with Gasteiger partial charge in [-0.15, -0.1) is 0 Å². The fraction of sp³-hybridized carbons (Fsp3) is 0.385. The summed E-state index contributed by atoms with van der Waals surface area (Å²) in [6, 6.07) is 14.3. The molecule has 6 nitrogen and oxygen atoms in total. The minimum Gasteiger partial charge on any atom is -0.493 e. The van der Waals surface area contributed by atoms with Gasteiger partial charge in [0.15, 0.2) is 0 Å². The third-order valence-electron chi connectivity index (χ3n) is 6.11. The van der Waals surface area contributed by atoms with Gasteiger partial charge in [0, 0.05) is 18.1 Å². The van der Waals surface area contributed by atoms with Gasteiger partial charge in [-0.1, -0.05) is 12.1 Å². The molecule has 0 saturated heterocycles. The number of benzene rings is 2. The van der Waals surface area contributed by atoms with E-state index in [2.05, 4.69) is 39.3 Å². The molecule has 0 radical (unpaired) electrons. The Morgan fingerprint density at radius 2 is 2.03 bits per heavy atom. The van der Waals surface area contributed by atoms with Crippen LogP contribution in [0.2, 0.25) is 0 Å². The molecule has 168 valence electrons. The van der Waals surface area contributed by atoms with Gasteiger partial charge >= 0.3 is 5.97 Å². The van der Waals surface area contributed by atoms with Gasteiger partial charge in [-0.25, -0.2) is 4.98 Å². The highest BCUT2D eigenvalue weighted by Gasteiger charge is 2.25. The topological polar surface area (TPSA) is 72.6 Å². The van der Waals surface area contributed by atoms with Crippen LogP contribution in [0.4, 0.5) is 5.69 Å². The minimum atomic E-state index is -0.741. The fourth-order valence-electron chi connectivity index (χ4n) is 4.30.